The normalized spacial score (nSPS) is 14.3. The highest BCUT2D eigenvalue weighted by Crippen LogP contribution is 2.20. The molecule has 4 rings (SSSR count). The summed E-state index contributed by atoms with van der Waals surface area (Å²) in [6, 6.07) is 11.4. The molecule has 0 atom stereocenters. The van der Waals surface area contributed by atoms with Gasteiger partial charge in [0.05, 0.1) is 12.1 Å². The third-order valence-corrected chi connectivity index (χ3v) is 6.93. The smallest absolute Gasteiger partial charge is 0.325 e. The Hall–Kier alpha value is -3.06. The monoisotopic (exact) mass is 496 g/mol. The van der Waals surface area contributed by atoms with Crippen LogP contribution in [-0.4, -0.2) is 41.7 Å². The van der Waals surface area contributed by atoms with E-state index in [0.717, 1.165) is 44.1 Å². The Morgan fingerprint density at radius 2 is 1.81 bits per heavy atom. The number of benzene rings is 2. The lowest BCUT2D eigenvalue weighted by molar-refractivity contribution is -0.143. The Kier molecular flexibility index (Phi) is 8.86. The van der Waals surface area contributed by atoms with Crippen molar-refractivity contribution < 1.29 is 18.3 Å². The number of carbonyl (C=O) groups is 1. The predicted octanol–water partition coefficient (Wildman–Crippen LogP) is 5.05. The predicted molar refractivity (Wildman–Crippen MR) is 137 cm³/mol. The third-order valence-electron chi connectivity index (χ3n) is 6.93. The molecule has 0 radical (unpaired) electrons. The van der Waals surface area contributed by atoms with Gasteiger partial charge in [-0.2, -0.15) is 0 Å². The number of ether oxygens (including phenoxy) is 1. The van der Waals surface area contributed by atoms with Crippen LogP contribution in [0.2, 0.25) is 0 Å². The lowest BCUT2D eigenvalue weighted by Crippen LogP contribution is -2.30. The fourth-order valence-corrected chi connectivity index (χ4v) is 5.05. The van der Waals surface area contributed by atoms with Gasteiger partial charge < -0.3 is 14.2 Å². The van der Waals surface area contributed by atoms with Crippen LogP contribution in [0.5, 0.6) is 0 Å². The molecule has 0 bridgehead atoms. The lowest BCUT2D eigenvalue weighted by atomic mass is 10.0. The first-order valence-electron chi connectivity index (χ1n) is 12.9. The highest BCUT2D eigenvalue weighted by molar-refractivity contribution is 5.82. The zero-order valence-corrected chi connectivity index (χ0v) is 20.9. The number of carbonyl (C=O) groups excluding carboxylic acids is 1. The first kappa shape index (κ1) is 26.0. The second-order valence-electron chi connectivity index (χ2n) is 9.46. The van der Waals surface area contributed by atoms with Crippen LogP contribution in [0, 0.1) is 11.6 Å². The molecule has 1 aliphatic heterocycles. The van der Waals surface area contributed by atoms with Gasteiger partial charge in [-0.3, -0.25) is 9.59 Å². The summed E-state index contributed by atoms with van der Waals surface area (Å²) >= 11 is 0. The Balaban J connectivity index is 1.62. The molecule has 0 unspecified atom stereocenters. The molecular formula is C29H34F2N2O3. The van der Waals surface area contributed by atoms with Gasteiger partial charge in [0.25, 0.3) is 0 Å². The largest absolute Gasteiger partial charge is 0.465 e. The summed E-state index contributed by atoms with van der Waals surface area (Å²) in [6.07, 6.45) is 6.21. The molecular weight excluding hydrogens is 462 g/mol. The average Bonchev–Trinajstić information content (AvgIpc) is 2.87. The first-order valence-corrected chi connectivity index (χ1v) is 12.9. The number of rotatable bonds is 10. The molecule has 0 amide bonds. The van der Waals surface area contributed by atoms with Gasteiger partial charge >= 0.3 is 5.97 Å². The quantitative estimate of drug-likeness (QED) is 0.369. The SMILES string of the molecule is CCOC(=O)Cn1c(CCc2cccc(F)c2F)cc(=O)c2ccc(CCCN3CCCCC3)cc21. The molecule has 1 fully saturated rings. The minimum Gasteiger partial charge on any atom is -0.465 e. The number of fused-ring (bicyclic) bond motifs is 1. The van der Waals surface area contributed by atoms with Crippen LogP contribution < -0.4 is 5.43 Å². The van der Waals surface area contributed by atoms with E-state index in [4.69, 9.17) is 4.74 Å². The van der Waals surface area contributed by atoms with Crippen LogP contribution in [0.15, 0.2) is 47.3 Å². The summed E-state index contributed by atoms with van der Waals surface area (Å²) in [4.78, 5) is 27.9. The van der Waals surface area contributed by atoms with Crippen molar-refractivity contribution in [3.63, 3.8) is 0 Å². The maximum absolute atomic E-state index is 14.2. The zero-order valence-electron chi connectivity index (χ0n) is 20.9. The van der Waals surface area contributed by atoms with E-state index in [1.807, 2.05) is 18.2 Å². The molecule has 2 heterocycles. The first-order chi connectivity index (χ1) is 17.5. The minimum absolute atomic E-state index is 0.0528. The summed E-state index contributed by atoms with van der Waals surface area (Å²) in [5.74, 6) is -2.19. The van der Waals surface area contributed by atoms with Crippen molar-refractivity contribution in [2.24, 2.45) is 0 Å². The molecule has 1 aromatic heterocycles. The number of nitrogens with zero attached hydrogens (tertiary/aromatic N) is 2. The number of pyridine rings is 1. The zero-order chi connectivity index (χ0) is 25.5. The second kappa shape index (κ2) is 12.3. The summed E-state index contributed by atoms with van der Waals surface area (Å²) in [6.45, 7) is 5.31. The van der Waals surface area contributed by atoms with Crippen LogP contribution >= 0.6 is 0 Å². The van der Waals surface area contributed by atoms with Crippen LogP contribution in [0.1, 0.15) is 49.4 Å². The van der Waals surface area contributed by atoms with Crippen LogP contribution in [0.25, 0.3) is 10.9 Å². The van der Waals surface area contributed by atoms with Crippen LogP contribution in [-0.2, 0) is 35.3 Å². The van der Waals surface area contributed by atoms with Crippen molar-refractivity contribution in [3.8, 4) is 0 Å². The van der Waals surface area contributed by atoms with Crippen molar-refractivity contribution >= 4 is 16.9 Å². The standard InChI is InChI=1S/C29H34F2N2O3/c1-2-36-28(35)20-33-23(13-12-22-9-6-10-25(30)29(22)31)19-27(34)24-14-11-21(18-26(24)33)8-7-17-32-15-4-3-5-16-32/h6,9-11,14,18-19H,2-5,7-8,12-13,15-17,20H2,1H3. The Labute approximate surface area is 210 Å². The van der Waals surface area contributed by atoms with Crippen LogP contribution in [0.3, 0.4) is 0 Å². The third kappa shape index (κ3) is 6.38. The van der Waals surface area contributed by atoms with E-state index in [1.165, 1.54) is 37.5 Å². The number of hydrogen-bond acceptors (Lipinski definition) is 4. The topological polar surface area (TPSA) is 51.5 Å². The summed E-state index contributed by atoms with van der Waals surface area (Å²) < 4.78 is 34.9. The van der Waals surface area contributed by atoms with Gasteiger partial charge in [0.2, 0.25) is 0 Å². The van der Waals surface area contributed by atoms with E-state index in [1.54, 1.807) is 11.5 Å². The molecule has 192 valence electrons. The van der Waals surface area contributed by atoms with Crippen molar-refractivity contribution in [1.29, 1.82) is 0 Å². The molecule has 2 aromatic carbocycles. The number of halogens is 2. The minimum atomic E-state index is -0.899. The highest BCUT2D eigenvalue weighted by atomic mass is 19.2. The lowest BCUT2D eigenvalue weighted by Gasteiger charge is -2.26. The summed E-state index contributed by atoms with van der Waals surface area (Å²) in [5.41, 5.74) is 2.44. The molecule has 0 aliphatic carbocycles. The highest BCUT2D eigenvalue weighted by Gasteiger charge is 2.16. The molecule has 1 aliphatic rings. The average molecular weight is 497 g/mol. The van der Waals surface area contributed by atoms with Crippen molar-refractivity contribution in [2.45, 2.75) is 58.4 Å². The number of likely N-dealkylation sites (tertiary alicyclic amines) is 1. The van der Waals surface area contributed by atoms with Gasteiger partial charge in [0, 0.05) is 17.1 Å². The van der Waals surface area contributed by atoms with Crippen molar-refractivity contribution in [2.75, 3.05) is 26.2 Å². The van der Waals surface area contributed by atoms with Gasteiger partial charge in [-0.1, -0.05) is 24.6 Å². The second-order valence-corrected chi connectivity index (χ2v) is 9.46. The fourth-order valence-electron chi connectivity index (χ4n) is 5.05. The maximum atomic E-state index is 14.2. The number of aryl methyl sites for hydroxylation is 3. The molecule has 0 saturated carbocycles. The molecule has 7 heteroatoms. The molecule has 5 nitrogen and oxygen atoms in total. The van der Waals surface area contributed by atoms with E-state index in [0.29, 0.717) is 16.6 Å². The summed E-state index contributed by atoms with van der Waals surface area (Å²) in [7, 11) is 0. The summed E-state index contributed by atoms with van der Waals surface area (Å²) in [5, 5.41) is 0.528. The molecule has 3 aromatic rings. The Morgan fingerprint density at radius 3 is 2.58 bits per heavy atom. The molecule has 36 heavy (non-hydrogen) atoms. The van der Waals surface area contributed by atoms with Crippen molar-refractivity contribution in [3.05, 3.63) is 81.1 Å². The van der Waals surface area contributed by atoms with E-state index in [9.17, 15) is 18.4 Å². The van der Waals surface area contributed by atoms with Gasteiger partial charge in [0.1, 0.15) is 6.54 Å². The fraction of sp³-hybridized carbons (Fsp3) is 0.448. The van der Waals surface area contributed by atoms with E-state index in [-0.39, 0.29) is 37.0 Å². The van der Waals surface area contributed by atoms with E-state index < -0.39 is 17.6 Å². The Morgan fingerprint density at radius 1 is 1.00 bits per heavy atom. The number of hydrogen-bond donors (Lipinski definition) is 0. The maximum Gasteiger partial charge on any atom is 0.325 e. The molecule has 0 N–H and O–H groups in total. The van der Waals surface area contributed by atoms with Crippen LogP contribution in [0.4, 0.5) is 8.78 Å². The van der Waals surface area contributed by atoms with Gasteiger partial charge in [-0.25, -0.2) is 8.78 Å². The Bertz CT molecular complexity index is 1270. The number of aromatic nitrogens is 1. The molecule has 1 saturated heterocycles. The molecule has 0 spiro atoms. The number of piperidine rings is 1. The van der Waals surface area contributed by atoms with E-state index in [2.05, 4.69) is 4.90 Å². The van der Waals surface area contributed by atoms with E-state index >= 15 is 0 Å². The van der Waals surface area contributed by atoms with Gasteiger partial charge in [-0.05, 0) is 94.4 Å². The van der Waals surface area contributed by atoms with Crippen molar-refractivity contribution in [1.82, 2.24) is 9.47 Å². The number of esters is 1. The van der Waals surface area contributed by atoms with Gasteiger partial charge in [0.15, 0.2) is 17.1 Å². The van der Waals surface area contributed by atoms with Gasteiger partial charge in [-0.15, -0.1) is 0 Å².